The molecule has 0 fully saturated rings. The van der Waals surface area contributed by atoms with Crippen LogP contribution in [0.5, 0.6) is 23.0 Å². The van der Waals surface area contributed by atoms with Gasteiger partial charge in [0.15, 0.2) is 5.78 Å². The van der Waals surface area contributed by atoms with Crippen molar-refractivity contribution in [1.82, 2.24) is 0 Å². The van der Waals surface area contributed by atoms with Crippen molar-refractivity contribution in [3.8, 4) is 23.0 Å². The van der Waals surface area contributed by atoms with Gasteiger partial charge in [-0.2, -0.15) is 10.2 Å². The molecule has 0 aliphatic heterocycles. The lowest BCUT2D eigenvalue weighted by Crippen LogP contribution is -2.32. The number of amides is 1. The van der Waals surface area contributed by atoms with Gasteiger partial charge < -0.3 is 24.3 Å². The van der Waals surface area contributed by atoms with Gasteiger partial charge in [0.2, 0.25) is 6.04 Å². The van der Waals surface area contributed by atoms with Crippen molar-refractivity contribution in [1.29, 1.82) is 0 Å². The predicted molar refractivity (Wildman–Crippen MR) is 149 cm³/mol. The number of hydrogen-bond acceptors (Lipinski definition) is 10. The van der Waals surface area contributed by atoms with Crippen LogP contribution in [0.25, 0.3) is 0 Å². The Morgan fingerprint density at radius 2 is 1.48 bits per heavy atom. The Morgan fingerprint density at radius 3 is 2.05 bits per heavy atom. The van der Waals surface area contributed by atoms with Gasteiger partial charge in [-0.15, -0.1) is 0 Å². The van der Waals surface area contributed by atoms with E-state index in [0.29, 0.717) is 5.69 Å². The lowest BCUT2D eigenvalue weighted by molar-refractivity contribution is -0.126. The fourth-order valence-corrected chi connectivity index (χ4v) is 4.91. The van der Waals surface area contributed by atoms with Crippen molar-refractivity contribution in [3.05, 3.63) is 59.6 Å². The van der Waals surface area contributed by atoms with E-state index < -0.39 is 27.8 Å². The maximum Gasteiger partial charge on any atom is 0.265 e. The molecule has 0 saturated carbocycles. The summed E-state index contributed by atoms with van der Waals surface area (Å²) in [5, 5.41) is 10.7. The fourth-order valence-electron chi connectivity index (χ4n) is 3.46. The number of Topliss-reactive ketones (excluding diaryl/α,β-unsaturated/α-hetero) is 1. The summed E-state index contributed by atoms with van der Waals surface area (Å²) < 4.78 is 49.6. The number of nitrogens with zero attached hydrogens (tertiary/aromatic N) is 2. The standard InChI is InChI=1S/C26H27ClN4O8S/c1-15(32)25(26(33)28-18-12-20(36-2)17(27)11-21(18)37-3)30-29-19-13-23(39-5)24(14-22(19)38-4)40(34,35)31-16-9-7-6-8-10-16/h6-14,25,31H,1-5H3,(H,28,33)/t25-/m1/s1. The molecule has 1 atom stereocenters. The SMILES string of the molecule is COc1cc(NC(=O)[C@H](N=Nc2cc(OC)c(S(=O)(=O)Nc3ccccc3)cc2OC)C(C)=O)c(OC)cc1Cl. The molecule has 0 bridgehead atoms. The molecule has 0 aromatic heterocycles. The number of nitrogens with one attached hydrogen (secondary N) is 2. The van der Waals surface area contributed by atoms with E-state index in [9.17, 15) is 18.0 Å². The molecule has 212 valence electrons. The van der Waals surface area contributed by atoms with Crippen LogP contribution in [0.3, 0.4) is 0 Å². The molecule has 0 aliphatic carbocycles. The van der Waals surface area contributed by atoms with Crippen molar-refractivity contribution in [2.24, 2.45) is 10.2 Å². The van der Waals surface area contributed by atoms with Gasteiger partial charge in [0, 0.05) is 30.0 Å². The maximum absolute atomic E-state index is 13.1. The number of carbonyl (C=O) groups is 2. The summed E-state index contributed by atoms with van der Waals surface area (Å²) >= 11 is 6.11. The molecule has 0 unspecified atom stereocenters. The monoisotopic (exact) mass is 590 g/mol. The Kier molecular flexibility index (Phi) is 9.91. The predicted octanol–water partition coefficient (Wildman–Crippen LogP) is 4.86. The first kappa shape index (κ1) is 30.2. The topological polar surface area (TPSA) is 154 Å². The number of azo groups is 1. The Hall–Kier alpha value is -4.36. The molecule has 14 heteroatoms. The molecule has 0 aliphatic rings. The van der Waals surface area contributed by atoms with Crippen LogP contribution in [0, 0.1) is 0 Å². The quantitative estimate of drug-likeness (QED) is 0.224. The van der Waals surface area contributed by atoms with Crippen molar-refractivity contribution >= 4 is 50.4 Å². The van der Waals surface area contributed by atoms with Crippen LogP contribution in [0.1, 0.15) is 6.92 Å². The minimum atomic E-state index is -4.09. The normalized spacial score (nSPS) is 11.9. The highest BCUT2D eigenvalue weighted by atomic mass is 35.5. The van der Waals surface area contributed by atoms with Crippen molar-refractivity contribution in [2.45, 2.75) is 17.9 Å². The molecular formula is C26H27ClN4O8S. The van der Waals surface area contributed by atoms with Crippen LogP contribution in [0.15, 0.2) is 69.7 Å². The zero-order chi connectivity index (χ0) is 29.4. The molecule has 3 aromatic carbocycles. The van der Waals surface area contributed by atoms with E-state index in [0.717, 1.165) is 0 Å². The zero-order valence-corrected chi connectivity index (χ0v) is 23.8. The van der Waals surface area contributed by atoms with E-state index in [4.69, 9.17) is 30.5 Å². The van der Waals surface area contributed by atoms with Crippen LogP contribution in [0.2, 0.25) is 5.02 Å². The summed E-state index contributed by atoms with van der Waals surface area (Å²) in [5.74, 6) is -0.989. The number of halogens is 1. The van der Waals surface area contributed by atoms with Gasteiger partial charge in [-0.1, -0.05) is 29.8 Å². The highest BCUT2D eigenvalue weighted by molar-refractivity contribution is 7.92. The van der Waals surface area contributed by atoms with Crippen LogP contribution in [-0.4, -0.2) is 54.6 Å². The summed E-state index contributed by atoms with van der Waals surface area (Å²) in [6.07, 6.45) is 0. The lowest BCUT2D eigenvalue weighted by Gasteiger charge is -2.15. The average Bonchev–Trinajstić information content (AvgIpc) is 2.93. The summed E-state index contributed by atoms with van der Waals surface area (Å²) in [6.45, 7) is 1.17. The largest absolute Gasteiger partial charge is 0.495 e. The van der Waals surface area contributed by atoms with Gasteiger partial charge in [0.05, 0.1) is 39.1 Å². The highest BCUT2D eigenvalue weighted by Gasteiger charge is 2.26. The molecule has 12 nitrogen and oxygen atoms in total. The highest BCUT2D eigenvalue weighted by Crippen LogP contribution is 2.39. The molecule has 3 rings (SSSR count). The number of rotatable bonds is 12. The molecule has 40 heavy (non-hydrogen) atoms. The van der Waals surface area contributed by atoms with Gasteiger partial charge in [0.25, 0.3) is 15.9 Å². The smallest absolute Gasteiger partial charge is 0.265 e. The molecule has 0 spiro atoms. The first-order valence-electron chi connectivity index (χ1n) is 11.5. The Morgan fingerprint density at radius 1 is 0.850 bits per heavy atom. The van der Waals surface area contributed by atoms with E-state index in [1.807, 2.05) is 0 Å². The number of ether oxygens (including phenoxy) is 4. The van der Waals surface area contributed by atoms with Gasteiger partial charge in [-0.05, 0) is 19.1 Å². The second kappa shape index (κ2) is 13.1. The lowest BCUT2D eigenvalue weighted by atomic mass is 10.2. The number of carbonyl (C=O) groups excluding carboxylic acids is 2. The van der Waals surface area contributed by atoms with E-state index >= 15 is 0 Å². The minimum absolute atomic E-state index is 0.00445. The van der Waals surface area contributed by atoms with Crippen molar-refractivity contribution in [2.75, 3.05) is 38.5 Å². The fraction of sp³-hybridized carbons (Fsp3) is 0.231. The summed E-state index contributed by atoms with van der Waals surface area (Å²) in [6, 6.07) is 12.1. The maximum atomic E-state index is 13.1. The second-order valence-corrected chi connectivity index (χ2v) is 10.1. The van der Waals surface area contributed by atoms with Crippen LogP contribution >= 0.6 is 11.6 Å². The Balaban J connectivity index is 1.94. The van der Waals surface area contributed by atoms with Gasteiger partial charge in [-0.3, -0.25) is 14.3 Å². The number of hydrogen-bond donors (Lipinski definition) is 2. The Bertz CT molecular complexity index is 1530. The van der Waals surface area contributed by atoms with Gasteiger partial charge in [0.1, 0.15) is 33.6 Å². The van der Waals surface area contributed by atoms with Gasteiger partial charge in [-0.25, -0.2) is 8.42 Å². The third kappa shape index (κ3) is 6.98. The van der Waals surface area contributed by atoms with Crippen molar-refractivity contribution in [3.63, 3.8) is 0 Å². The van der Waals surface area contributed by atoms with E-state index in [1.165, 1.54) is 59.6 Å². The number of anilines is 2. The molecule has 0 heterocycles. The summed E-state index contributed by atoms with van der Waals surface area (Å²) in [4.78, 5) is 25.1. The average molecular weight is 591 g/mol. The summed E-state index contributed by atoms with van der Waals surface area (Å²) in [7, 11) is 1.28. The Labute approximate surface area is 236 Å². The number of para-hydroxylation sites is 1. The molecule has 1 amide bonds. The number of ketones is 1. The molecule has 2 N–H and O–H groups in total. The molecule has 0 radical (unpaired) electrons. The van der Waals surface area contributed by atoms with Crippen molar-refractivity contribution < 1.29 is 37.0 Å². The third-order valence-electron chi connectivity index (χ3n) is 5.43. The van der Waals surface area contributed by atoms with Crippen LogP contribution < -0.4 is 29.0 Å². The molecular weight excluding hydrogens is 564 g/mol. The molecule has 3 aromatic rings. The zero-order valence-electron chi connectivity index (χ0n) is 22.2. The van der Waals surface area contributed by atoms with Crippen LogP contribution in [0.4, 0.5) is 17.1 Å². The first-order valence-corrected chi connectivity index (χ1v) is 13.4. The number of benzene rings is 3. The van der Waals surface area contributed by atoms with Gasteiger partial charge >= 0.3 is 0 Å². The first-order chi connectivity index (χ1) is 19.0. The van der Waals surface area contributed by atoms with Crippen LogP contribution in [-0.2, 0) is 19.6 Å². The number of methoxy groups -OCH3 is 4. The second-order valence-electron chi connectivity index (χ2n) is 8.05. The number of sulfonamides is 1. The van der Waals surface area contributed by atoms with E-state index in [2.05, 4.69) is 20.3 Å². The van der Waals surface area contributed by atoms with E-state index in [1.54, 1.807) is 30.3 Å². The third-order valence-corrected chi connectivity index (χ3v) is 7.12. The summed E-state index contributed by atoms with van der Waals surface area (Å²) in [5.41, 5.74) is 0.551. The minimum Gasteiger partial charge on any atom is -0.495 e. The molecule has 0 saturated heterocycles. The van der Waals surface area contributed by atoms with E-state index in [-0.39, 0.29) is 44.3 Å².